The maximum Gasteiger partial charge on any atom is 0.334 e. The Hall–Kier alpha value is -2.04. The first kappa shape index (κ1) is 16.8. The number of carbonyl (C=O) groups is 1. The molecule has 24 heavy (non-hydrogen) atoms. The van der Waals surface area contributed by atoms with Crippen molar-refractivity contribution >= 4 is 38.5 Å². The van der Waals surface area contributed by atoms with Crippen LogP contribution in [0.25, 0.3) is 5.57 Å². The number of hydrogen-bond donors (Lipinski definition) is 0. The summed E-state index contributed by atoms with van der Waals surface area (Å²) >= 11 is 6.12. The summed E-state index contributed by atoms with van der Waals surface area (Å²) in [6, 6.07) is 14.7. The van der Waals surface area contributed by atoms with Crippen LogP contribution in [0.3, 0.4) is 0 Å². The van der Waals surface area contributed by atoms with Gasteiger partial charge in [-0.1, -0.05) is 35.9 Å². The van der Waals surface area contributed by atoms with Gasteiger partial charge in [0, 0.05) is 28.2 Å². The van der Waals surface area contributed by atoms with Gasteiger partial charge >= 0.3 is 5.97 Å². The minimum atomic E-state index is -2.28. The third-order valence-corrected chi connectivity index (χ3v) is 5.39. The molecule has 1 fully saturated rings. The summed E-state index contributed by atoms with van der Waals surface area (Å²) in [5.41, 5.74) is 3.16. The van der Waals surface area contributed by atoms with Crippen LogP contribution in [0.15, 0.2) is 59.0 Å². The molecule has 3 nitrogen and oxygen atoms in total. The Kier molecular flexibility index (Phi) is 4.52. The highest BCUT2D eigenvalue weighted by atomic mass is 35.5. The van der Waals surface area contributed by atoms with Crippen molar-refractivity contribution in [2.75, 3.05) is 12.9 Å². The van der Waals surface area contributed by atoms with Gasteiger partial charge in [0.2, 0.25) is 0 Å². The summed E-state index contributed by atoms with van der Waals surface area (Å²) in [4.78, 5) is 12.8. The lowest BCUT2D eigenvalue weighted by Gasteiger charge is -2.12. The second-order valence-electron chi connectivity index (χ2n) is 5.78. The number of benzene rings is 2. The van der Waals surface area contributed by atoms with E-state index in [-0.39, 0.29) is 5.97 Å². The number of rotatable bonds is 3. The lowest BCUT2D eigenvalue weighted by molar-refractivity contribution is -0.135. The molecule has 0 N–H and O–H groups in total. The maximum absolute atomic E-state index is 12.1. The zero-order chi connectivity index (χ0) is 17.3. The minimum absolute atomic E-state index is 0.300. The predicted molar refractivity (Wildman–Crippen MR) is 98.9 cm³/mol. The number of cyclic esters (lactones) is 1. The molecule has 0 spiro atoms. The van der Waals surface area contributed by atoms with Gasteiger partial charge in [0.05, 0.1) is 6.61 Å². The highest BCUT2D eigenvalue weighted by molar-refractivity contribution is 7.99. The van der Waals surface area contributed by atoms with Gasteiger partial charge in [0.1, 0.15) is 0 Å². The Bertz CT molecular complexity index is 925. The average Bonchev–Trinajstić information content (AvgIpc) is 2.93. The fraction of sp³-hybridized carbons (Fsp3) is 0.158. The van der Waals surface area contributed by atoms with Gasteiger partial charge in [0.25, 0.3) is 0 Å². The number of halogens is 1. The molecular formula is C19H17ClO3S. The molecule has 0 radical (unpaired) electrons. The van der Waals surface area contributed by atoms with Crippen LogP contribution < -0.4 is 0 Å². The first-order valence-electron chi connectivity index (χ1n) is 7.45. The normalized spacial score (nSPS) is 18.8. The van der Waals surface area contributed by atoms with Crippen LogP contribution in [-0.2, 0) is 19.1 Å². The molecule has 1 atom stereocenters. The monoisotopic (exact) mass is 360 g/mol. The average molecular weight is 361 g/mol. The SMILES string of the molecule is C=S(C)(=O)c1ccc(/C(=C2\CCOC2=O)c2cccc(Cl)c2)cc1. The van der Waals surface area contributed by atoms with Crippen molar-refractivity contribution in [2.24, 2.45) is 0 Å². The van der Waals surface area contributed by atoms with E-state index in [1.54, 1.807) is 24.5 Å². The Morgan fingerprint density at radius 1 is 1.17 bits per heavy atom. The first-order valence-corrected chi connectivity index (χ1v) is 9.96. The van der Waals surface area contributed by atoms with Crippen LogP contribution in [0.5, 0.6) is 0 Å². The lowest BCUT2D eigenvalue weighted by atomic mass is 9.92. The first-order chi connectivity index (χ1) is 11.4. The van der Waals surface area contributed by atoms with Gasteiger partial charge in [-0.15, -0.1) is 0 Å². The standard InChI is InChI=1S/C19H17ClO3S/c1-24(2,22)16-8-6-13(7-9-16)18(17-10-11-23-19(17)21)14-4-3-5-15(20)12-14/h3-9,12H,1,10-11H2,2H3/b18-17-. The molecule has 1 heterocycles. The van der Waals surface area contributed by atoms with Crippen molar-refractivity contribution in [1.29, 1.82) is 0 Å². The second-order valence-corrected chi connectivity index (χ2v) is 8.70. The highest BCUT2D eigenvalue weighted by Crippen LogP contribution is 2.33. The third kappa shape index (κ3) is 3.40. The van der Waals surface area contributed by atoms with Gasteiger partial charge in [-0.2, -0.15) is 0 Å². The molecule has 0 saturated carbocycles. The molecule has 0 amide bonds. The van der Waals surface area contributed by atoms with Crippen LogP contribution in [-0.4, -0.2) is 28.9 Å². The van der Waals surface area contributed by atoms with Crippen LogP contribution >= 0.6 is 11.6 Å². The summed E-state index contributed by atoms with van der Waals surface area (Å²) in [6.45, 7) is 0.387. The largest absolute Gasteiger partial charge is 0.462 e. The zero-order valence-corrected chi connectivity index (χ0v) is 14.8. The Morgan fingerprint density at radius 3 is 2.42 bits per heavy atom. The fourth-order valence-electron chi connectivity index (χ4n) is 2.73. The molecule has 1 aliphatic rings. The molecule has 1 saturated heterocycles. The highest BCUT2D eigenvalue weighted by Gasteiger charge is 2.25. The Morgan fingerprint density at radius 2 is 1.88 bits per heavy atom. The van der Waals surface area contributed by atoms with E-state index < -0.39 is 9.52 Å². The third-order valence-electron chi connectivity index (χ3n) is 3.89. The van der Waals surface area contributed by atoms with Gasteiger partial charge in [-0.3, -0.25) is 4.21 Å². The minimum Gasteiger partial charge on any atom is -0.462 e. The second kappa shape index (κ2) is 6.46. The van der Waals surface area contributed by atoms with E-state index in [2.05, 4.69) is 5.87 Å². The molecule has 0 aliphatic carbocycles. The van der Waals surface area contributed by atoms with Gasteiger partial charge in [-0.05, 0) is 56.4 Å². The van der Waals surface area contributed by atoms with Crippen molar-refractivity contribution in [1.82, 2.24) is 0 Å². The smallest absolute Gasteiger partial charge is 0.334 e. The topological polar surface area (TPSA) is 43.4 Å². The Balaban J connectivity index is 2.18. The Labute approximate surface area is 146 Å². The molecule has 0 aromatic heterocycles. The van der Waals surface area contributed by atoms with Crippen molar-refractivity contribution in [3.05, 3.63) is 70.3 Å². The quantitative estimate of drug-likeness (QED) is 0.475. The van der Waals surface area contributed by atoms with Crippen molar-refractivity contribution < 1.29 is 13.7 Å². The van der Waals surface area contributed by atoms with E-state index in [0.717, 1.165) is 16.7 Å². The number of hydrogen-bond acceptors (Lipinski definition) is 3. The van der Waals surface area contributed by atoms with Crippen LogP contribution in [0.1, 0.15) is 17.5 Å². The van der Waals surface area contributed by atoms with Crippen LogP contribution in [0, 0.1) is 0 Å². The summed E-state index contributed by atoms with van der Waals surface area (Å²) in [5, 5.41) is 0.600. The number of carbonyl (C=O) groups excluding carboxylic acids is 1. The zero-order valence-electron chi connectivity index (χ0n) is 13.3. The van der Waals surface area contributed by atoms with Crippen molar-refractivity contribution in [3.63, 3.8) is 0 Å². The van der Waals surface area contributed by atoms with Crippen molar-refractivity contribution in [2.45, 2.75) is 11.3 Å². The molecule has 2 aromatic rings. The number of esters is 1. The molecular weight excluding hydrogens is 344 g/mol. The molecule has 2 aromatic carbocycles. The van der Waals surface area contributed by atoms with E-state index in [1.165, 1.54) is 0 Å². The summed E-state index contributed by atoms with van der Waals surface area (Å²) in [5.74, 6) is 3.40. The van der Waals surface area contributed by atoms with E-state index in [9.17, 15) is 9.00 Å². The molecule has 1 unspecified atom stereocenters. The van der Waals surface area contributed by atoms with E-state index in [0.29, 0.717) is 28.5 Å². The molecule has 1 aliphatic heterocycles. The van der Waals surface area contributed by atoms with Crippen molar-refractivity contribution in [3.8, 4) is 0 Å². The summed E-state index contributed by atoms with van der Waals surface area (Å²) < 4.78 is 17.2. The summed E-state index contributed by atoms with van der Waals surface area (Å²) in [7, 11) is -2.28. The predicted octanol–water partition coefficient (Wildman–Crippen LogP) is 3.79. The molecule has 5 heteroatoms. The van der Waals surface area contributed by atoms with Crippen LogP contribution in [0.2, 0.25) is 5.02 Å². The summed E-state index contributed by atoms with van der Waals surface area (Å²) in [6.07, 6.45) is 2.16. The molecule has 0 bridgehead atoms. The van der Waals surface area contributed by atoms with Crippen LogP contribution in [0.4, 0.5) is 0 Å². The van der Waals surface area contributed by atoms with Gasteiger partial charge in [-0.25, -0.2) is 4.79 Å². The van der Waals surface area contributed by atoms with Gasteiger partial charge in [0.15, 0.2) is 0 Å². The van der Waals surface area contributed by atoms with E-state index in [4.69, 9.17) is 16.3 Å². The van der Waals surface area contributed by atoms with E-state index in [1.807, 2.05) is 30.3 Å². The fourth-order valence-corrected chi connectivity index (χ4v) is 3.63. The molecule has 3 rings (SSSR count). The number of ether oxygens (including phenoxy) is 1. The lowest BCUT2D eigenvalue weighted by Crippen LogP contribution is -2.02. The van der Waals surface area contributed by atoms with E-state index >= 15 is 0 Å². The van der Waals surface area contributed by atoms with Gasteiger partial charge < -0.3 is 4.74 Å². The maximum atomic E-state index is 12.1. The molecule has 124 valence electrons.